The quantitative estimate of drug-likeness (QED) is 0.586. The smallest absolute Gasteiger partial charge is 0.125 e. The lowest BCUT2D eigenvalue weighted by Gasteiger charge is -2.15. The van der Waals surface area contributed by atoms with Crippen LogP contribution >= 0.6 is 31.9 Å². The molecule has 0 saturated carbocycles. The van der Waals surface area contributed by atoms with Gasteiger partial charge in [-0.15, -0.1) is 0 Å². The van der Waals surface area contributed by atoms with Crippen LogP contribution in [0, 0.1) is 6.92 Å². The van der Waals surface area contributed by atoms with Gasteiger partial charge in [0.15, 0.2) is 0 Å². The number of hydrogen-bond acceptors (Lipinski definition) is 3. The SMILES string of the molecule is CCc1cc(OCC=C(Br)Br)cc(C)c1OCCCCO. The summed E-state index contributed by atoms with van der Waals surface area (Å²) in [5, 5.41) is 8.79. The standard InChI is InChI=1S/C16H22Br2O3/c1-3-13-11-14(20-9-6-15(17)18)10-12(2)16(13)21-8-5-4-7-19/h6,10-11,19H,3-5,7-9H2,1-2H3. The van der Waals surface area contributed by atoms with Crippen molar-refractivity contribution in [3.05, 3.63) is 32.7 Å². The van der Waals surface area contributed by atoms with E-state index in [4.69, 9.17) is 14.6 Å². The van der Waals surface area contributed by atoms with E-state index < -0.39 is 0 Å². The van der Waals surface area contributed by atoms with Crippen LogP contribution in [0.5, 0.6) is 11.5 Å². The number of aliphatic hydroxyl groups is 1. The monoisotopic (exact) mass is 420 g/mol. The topological polar surface area (TPSA) is 38.7 Å². The van der Waals surface area contributed by atoms with E-state index in [-0.39, 0.29) is 6.61 Å². The molecule has 1 N–H and O–H groups in total. The molecular formula is C16H22Br2O3. The third kappa shape index (κ3) is 6.85. The zero-order chi connectivity index (χ0) is 15.7. The van der Waals surface area contributed by atoms with Crippen molar-refractivity contribution in [2.45, 2.75) is 33.1 Å². The van der Waals surface area contributed by atoms with E-state index in [0.717, 1.165) is 45.3 Å². The molecule has 0 saturated heterocycles. The predicted octanol–water partition coefficient (Wildman–Crippen LogP) is 4.72. The minimum atomic E-state index is 0.215. The minimum absolute atomic E-state index is 0.215. The first-order chi connectivity index (χ1) is 10.1. The molecule has 0 heterocycles. The summed E-state index contributed by atoms with van der Waals surface area (Å²) in [4.78, 5) is 0. The third-order valence-corrected chi connectivity index (χ3v) is 3.64. The lowest BCUT2D eigenvalue weighted by Crippen LogP contribution is -2.04. The van der Waals surface area contributed by atoms with Crippen LogP contribution in [0.25, 0.3) is 0 Å². The van der Waals surface area contributed by atoms with Crippen LogP contribution in [0.4, 0.5) is 0 Å². The van der Waals surface area contributed by atoms with Gasteiger partial charge < -0.3 is 14.6 Å². The number of ether oxygens (including phenoxy) is 2. The van der Waals surface area contributed by atoms with Crippen molar-refractivity contribution in [2.24, 2.45) is 0 Å². The molecule has 0 spiro atoms. The second-order valence-corrected chi connectivity index (χ2v) is 7.44. The second kappa shape index (κ2) is 10.2. The lowest BCUT2D eigenvalue weighted by atomic mass is 10.1. The number of aryl methyl sites for hydroxylation is 2. The van der Waals surface area contributed by atoms with Crippen LogP contribution in [0.1, 0.15) is 30.9 Å². The van der Waals surface area contributed by atoms with Crippen molar-refractivity contribution in [1.82, 2.24) is 0 Å². The molecule has 5 heteroatoms. The molecule has 0 aliphatic carbocycles. The first kappa shape index (κ1) is 18.5. The van der Waals surface area contributed by atoms with Crippen molar-refractivity contribution in [1.29, 1.82) is 0 Å². The number of unbranched alkanes of at least 4 members (excludes halogenated alkanes) is 1. The van der Waals surface area contributed by atoms with Gasteiger partial charge in [-0.2, -0.15) is 0 Å². The van der Waals surface area contributed by atoms with Crippen molar-refractivity contribution < 1.29 is 14.6 Å². The van der Waals surface area contributed by atoms with Gasteiger partial charge in [0.25, 0.3) is 0 Å². The zero-order valence-corrected chi connectivity index (χ0v) is 15.7. The number of halogens is 2. The summed E-state index contributed by atoms with van der Waals surface area (Å²) in [6.07, 6.45) is 4.43. The maximum atomic E-state index is 8.79. The van der Waals surface area contributed by atoms with Gasteiger partial charge in [-0.25, -0.2) is 0 Å². The van der Waals surface area contributed by atoms with E-state index in [9.17, 15) is 0 Å². The molecule has 118 valence electrons. The number of aliphatic hydroxyl groups excluding tert-OH is 1. The van der Waals surface area contributed by atoms with E-state index in [1.807, 2.05) is 25.1 Å². The van der Waals surface area contributed by atoms with Crippen LogP contribution in [-0.4, -0.2) is 24.9 Å². The first-order valence-electron chi connectivity index (χ1n) is 7.09. The second-order valence-electron chi connectivity index (χ2n) is 4.67. The molecule has 0 aromatic heterocycles. The fraction of sp³-hybridized carbons (Fsp3) is 0.500. The maximum Gasteiger partial charge on any atom is 0.125 e. The Bertz CT molecular complexity index is 469. The molecule has 0 aliphatic heterocycles. The van der Waals surface area contributed by atoms with Crippen LogP contribution in [0.15, 0.2) is 21.6 Å². The van der Waals surface area contributed by atoms with E-state index >= 15 is 0 Å². The molecule has 0 aliphatic rings. The van der Waals surface area contributed by atoms with Crippen molar-refractivity contribution in [2.75, 3.05) is 19.8 Å². The lowest BCUT2D eigenvalue weighted by molar-refractivity contribution is 0.251. The number of benzene rings is 1. The zero-order valence-electron chi connectivity index (χ0n) is 12.5. The Morgan fingerprint density at radius 3 is 2.62 bits per heavy atom. The van der Waals surface area contributed by atoms with Gasteiger partial charge in [0.1, 0.15) is 18.1 Å². The molecule has 3 nitrogen and oxygen atoms in total. The Morgan fingerprint density at radius 2 is 2.00 bits per heavy atom. The summed E-state index contributed by atoms with van der Waals surface area (Å²) < 4.78 is 12.5. The van der Waals surface area contributed by atoms with Gasteiger partial charge in [0.2, 0.25) is 0 Å². The summed E-state index contributed by atoms with van der Waals surface area (Å²) in [5.74, 6) is 1.80. The van der Waals surface area contributed by atoms with Gasteiger partial charge in [-0.3, -0.25) is 0 Å². The highest BCUT2D eigenvalue weighted by Gasteiger charge is 2.09. The molecule has 0 atom stereocenters. The molecular weight excluding hydrogens is 400 g/mol. The van der Waals surface area contributed by atoms with Gasteiger partial charge in [0, 0.05) is 6.61 Å². The van der Waals surface area contributed by atoms with Crippen molar-refractivity contribution >= 4 is 31.9 Å². The van der Waals surface area contributed by atoms with Gasteiger partial charge in [0.05, 0.1) is 10.00 Å². The van der Waals surface area contributed by atoms with Crippen molar-refractivity contribution in [3.8, 4) is 11.5 Å². The molecule has 1 rings (SSSR count). The highest BCUT2D eigenvalue weighted by molar-refractivity contribution is 9.28. The van der Waals surface area contributed by atoms with Crippen LogP contribution < -0.4 is 9.47 Å². The van der Waals surface area contributed by atoms with Crippen molar-refractivity contribution in [3.63, 3.8) is 0 Å². The van der Waals surface area contributed by atoms with Crippen LogP contribution in [0.2, 0.25) is 0 Å². The molecule has 1 aromatic rings. The van der Waals surface area contributed by atoms with E-state index in [2.05, 4.69) is 38.8 Å². The number of hydrogen-bond donors (Lipinski definition) is 1. The average Bonchev–Trinajstić information content (AvgIpc) is 2.44. The summed E-state index contributed by atoms with van der Waals surface area (Å²) in [6.45, 7) is 5.49. The fourth-order valence-corrected chi connectivity index (χ4v) is 2.22. The Morgan fingerprint density at radius 1 is 1.24 bits per heavy atom. The summed E-state index contributed by atoms with van der Waals surface area (Å²) in [7, 11) is 0. The Labute approximate surface area is 143 Å². The molecule has 0 amide bonds. The third-order valence-electron chi connectivity index (χ3n) is 2.99. The van der Waals surface area contributed by atoms with E-state index in [0.29, 0.717) is 13.2 Å². The summed E-state index contributed by atoms with van der Waals surface area (Å²) in [6, 6.07) is 4.03. The predicted molar refractivity (Wildman–Crippen MR) is 93.8 cm³/mol. The molecule has 21 heavy (non-hydrogen) atoms. The highest BCUT2D eigenvalue weighted by atomic mass is 79.9. The van der Waals surface area contributed by atoms with E-state index in [1.54, 1.807) is 0 Å². The Balaban J connectivity index is 2.74. The highest BCUT2D eigenvalue weighted by Crippen LogP contribution is 2.30. The maximum absolute atomic E-state index is 8.79. The largest absolute Gasteiger partial charge is 0.493 e. The van der Waals surface area contributed by atoms with Gasteiger partial charge in [-0.05, 0) is 87.4 Å². The van der Waals surface area contributed by atoms with Crippen LogP contribution in [-0.2, 0) is 6.42 Å². The average molecular weight is 422 g/mol. The van der Waals surface area contributed by atoms with E-state index in [1.165, 1.54) is 0 Å². The summed E-state index contributed by atoms with van der Waals surface area (Å²) >= 11 is 6.61. The van der Waals surface area contributed by atoms with Gasteiger partial charge >= 0.3 is 0 Å². The molecule has 0 bridgehead atoms. The fourth-order valence-electron chi connectivity index (χ4n) is 1.95. The molecule has 1 aromatic carbocycles. The number of rotatable bonds is 9. The molecule has 0 unspecified atom stereocenters. The summed E-state index contributed by atoms with van der Waals surface area (Å²) in [5.41, 5.74) is 2.23. The molecule has 0 radical (unpaired) electrons. The molecule has 0 fully saturated rings. The van der Waals surface area contributed by atoms with Crippen LogP contribution in [0.3, 0.4) is 0 Å². The minimum Gasteiger partial charge on any atom is -0.493 e. The first-order valence-corrected chi connectivity index (χ1v) is 8.68. The van der Waals surface area contributed by atoms with Gasteiger partial charge in [-0.1, -0.05) is 6.92 Å². The Hall–Kier alpha value is -0.520. The Kier molecular flexibility index (Phi) is 9.04. The normalized spacial score (nSPS) is 10.3.